The molecule has 0 radical (unpaired) electrons. The Morgan fingerprint density at radius 2 is 2.33 bits per heavy atom. The number of pyridine rings is 1. The fourth-order valence-corrected chi connectivity index (χ4v) is 2.75. The van der Waals surface area contributed by atoms with E-state index in [0.717, 1.165) is 25.3 Å². The summed E-state index contributed by atoms with van der Waals surface area (Å²) in [6.45, 7) is 9.71. The zero-order valence-corrected chi connectivity index (χ0v) is 11.5. The van der Waals surface area contributed by atoms with Crippen LogP contribution in [0.4, 0.5) is 0 Å². The standard InChI is InChI=1S/C14H23N3O/c1-11-8-17(10-14(2,3)18-11)9-12-5-4-6-16-13(12)7-15/h4-6,11H,7-10,15H2,1-3H3. The normalized spacial score (nSPS) is 24.1. The van der Waals surface area contributed by atoms with Crippen molar-refractivity contribution in [3.05, 3.63) is 29.6 Å². The molecule has 1 unspecified atom stereocenters. The number of rotatable bonds is 3. The van der Waals surface area contributed by atoms with E-state index in [4.69, 9.17) is 10.5 Å². The molecule has 1 atom stereocenters. The van der Waals surface area contributed by atoms with Crippen molar-refractivity contribution in [2.24, 2.45) is 5.73 Å². The largest absolute Gasteiger partial charge is 0.370 e. The van der Waals surface area contributed by atoms with E-state index in [1.54, 1.807) is 6.20 Å². The van der Waals surface area contributed by atoms with Crippen molar-refractivity contribution < 1.29 is 4.74 Å². The molecular formula is C14H23N3O. The first-order valence-corrected chi connectivity index (χ1v) is 6.53. The van der Waals surface area contributed by atoms with Crippen LogP contribution in [0.3, 0.4) is 0 Å². The van der Waals surface area contributed by atoms with Crippen LogP contribution in [0.5, 0.6) is 0 Å². The highest BCUT2D eigenvalue weighted by atomic mass is 16.5. The Morgan fingerprint density at radius 3 is 3.00 bits per heavy atom. The third kappa shape index (κ3) is 3.28. The summed E-state index contributed by atoms with van der Waals surface area (Å²) in [5.74, 6) is 0. The first-order chi connectivity index (χ1) is 8.50. The van der Waals surface area contributed by atoms with Crippen LogP contribution in [0.25, 0.3) is 0 Å². The van der Waals surface area contributed by atoms with Crippen LogP contribution in [-0.4, -0.2) is 34.7 Å². The van der Waals surface area contributed by atoms with Gasteiger partial charge in [-0.05, 0) is 32.4 Å². The molecule has 100 valence electrons. The molecule has 0 aromatic carbocycles. The van der Waals surface area contributed by atoms with Crippen molar-refractivity contribution in [2.75, 3.05) is 13.1 Å². The molecule has 0 saturated carbocycles. The first kappa shape index (κ1) is 13.5. The van der Waals surface area contributed by atoms with Crippen molar-refractivity contribution in [3.8, 4) is 0 Å². The van der Waals surface area contributed by atoms with Gasteiger partial charge in [0, 0.05) is 32.4 Å². The van der Waals surface area contributed by atoms with E-state index in [2.05, 4.69) is 36.7 Å². The van der Waals surface area contributed by atoms with Gasteiger partial charge in [-0.1, -0.05) is 6.07 Å². The lowest BCUT2D eigenvalue weighted by atomic mass is 10.0. The van der Waals surface area contributed by atoms with Crippen LogP contribution in [0.2, 0.25) is 0 Å². The molecular weight excluding hydrogens is 226 g/mol. The Hall–Kier alpha value is -0.970. The van der Waals surface area contributed by atoms with Gasteiger partial charge < -0.3 is 10.5 Å². The van der Waals surface area contributed by atoms with Gasteiger partial charge in [-0.2, -0.15) is 0 Å². The number of nitrogens with zero attached hydrogens (tertiary/aromatic N) is 2. The Bertz CT molecular complexity index is 406. The van der Waals surface area contributed by atoms with E-state index < -0.39 is 0 Å². The van der Waals surface area contributed by atoms with Crippen molar-refractivity contribution in [2.45, 2.75) is 45.6 Å². The average Bonchev–Trinajstić information content (AvgIpc) is 2.27. The number of aromatic nitrogens is 1. The number of hydrogen-bond donors (Lipinski definition) is 1. The van der Waals surface area contributed by atoms with Crippen molar-refractivity contribution in [1.29, 1.82) is 0 Å². The summed E-state index contributed by atoms with van der Waals surface area (Å²) in [7, 11) is 0. The highest BCUT2D eigenvalue weighted by Crippen LogP contribution is 2.22. The average molecular weight is 249 g/mol. The second-order valence-corrected chi connectivity index (χ2v) is 5.67. The Morgan fingerprint density at radius 1 is 1.56 bits per heavy atom. The van der Waals surface area contributed by atoms with Crippen LogP contribution in [-0.2, 0) is 17.8 Å². The minimum atomic E-state index is -0.0806. The molecule has 1 aromatic heterocycles. The third-order valence-electron chi connectivity index (χ3n) is 3.21. The summed E-state index contributed by atoms with van der Waals surface area (Å²) >= 11 is 0. The predicted molar refractivity (Wildman–Crippen MR) is 72.0 cm³/mol. The molecule has 18 heavy (non-hydrogen) atoms. The summed E-state index contributed by atoms with van der Waals surface area (Å²) in [6.07, 6.45) is 2.07. The quantitative estimate of drug-likeness (QED) is 0.883. The van der Waals surface area contributed by atoms with Crippen LogP contribution in [0.15, 0.2) is 18.3 Å². The highest BCUT2D eigenvalue weighted by molar-refractivity contribution is 5.19. The highest BCUT2D eigenvalue weighted by Gasteiger charge is 2.31. The molecule has 1 fully saturated rings. The summed E-state index contributed by atoms with van der Waals surface area (Å²) in [5.41, 5.74) is 7.87. The summed E-state index contributed by atoms with van der Waals surface area (Å²) in [4.78, 5) is 6.76. The summed E-state index contributed by atoms with van der Waals surface area (Å²) < 4.78 is 5.92. The predicted octanol–water partition coefficient (Wildman–Crippen LogP) is 1.54. The van der Waals surface area contributed by atoms with Gasteiger partial charge in [-0.15, -0.1) is 0 Å². The van der Waals surface area contributed by atoms with E-state index in [-0.39, 0.29) is 11.7 Å². The molecule has 2 N–H and O–H groups in total. The van der Waals surface area contributed by atoms with E-state index in [1.807, 2.05) is 6.07 Å². The van der Waals surface area contributed by atoms with E-state index in [0.29, 0.717) is 6.54 Å². The Labute approximate surface area is 109 Å². The second-order valence-electron chi connectivity index (χ2n) is 5.67. The maximum absolute atomic E-state index is 5.92. The van der Waals surface area contributed by atoms with Crippen LogP contribution < -0.4 is 5.73 Å². The van der Waals surface area contributed by atoms with E-state index in [1.165, 1.54) is 5.56 Å². The lowest BCUT2D eigenvalue weighted by molar-refractivity contribution is -0.130. The molecule has 4 heteroatoms. The minimum Gasteiger partial charge on any atom is -0.370 e. The van der Waals surface area contributed by atoms with Gasteiger partial charge in [-0.25, -0.2) is 0 Å². The molecule has 2 rings (SSSR count). The number of nitrogens with two attached hydrogens (primary N) is 1. The van der Waals surface area contributed by atoms with Crippen LogP contribution in [0.1, 0.15) is 32.0 Å². The van der Waals surface area contributed by atoms with E-state index in [9.17, 15) is 0 Å². The van der Waals surface area contributed by atoms with Crippen molar-refractivity contribution in [3.63, 3.8) is 0 Å². The second kappa shape index (κ2) is 5.34. The topological polar surface area (TPSA) is 51.4 Å². The Kier molecular flexibility index (Phi) is 4.00. The van der Waals surface area contributed by atoms with Crippen molar-refractivity contribution in [1.82, 2.24) is 9.88 Å². The molecule has 0 amide bonds. The molecule has 0 aliphatic carbocycles. The SMILES string of the molecule is CC1CN(Cc2cccnc2CN)CC(C)(C)O1. The van der Waals surface area contributed by atoms with Gasteiger partial charge in [0.2, 0.25) is 0 Å². The van der Waals surface area contributed by atoms with Gasteiger partial charge in [-0.3, -0.25) is 9.88 Å². The number of ether oxygens (including phenoxy) is 1. The third-order valence-corrected chi connectivity index (χ3v) is 3.21. The van der Waals surface area contributed by atoms with Crippen LogP contribution >= 0.6 is 0 Å². The molecule has 1 aromatic rings. The molecule has 1 saturated heterocycles. The Balaban J connectivity index is 2.09. The van der Waals surface area contributed by atoms with Gasteiger partial charge in [0.05, 0.1) is 17.4 Å². The first-order valence-electron chi connectivity index (χ1n) is 6.53. The minimum absolute atomic E-state index is 0.0806. The maximum Gasteiger partial charge on any atom is 0.0757 e. The van der Waals surface area contributed by atoms with Gasteiger partial charge in [0.1, 0.15) is 0 Å². The summed E-state index contributed by atoms with van der Waals surface area (Å²) in [6, 6.07) is 4.09. The zero-order valence-electron chi connectivity index (χ0n) is 11.5. The molecule has 0 bridgehead atoms. The van der Waals surface area contributed by atoms with Crippen molar-refractivity contribution >= 4 is 0 Å². The van der Waals surface area contributed by atoms with Gasteiger partial charge in [0.15, 0.2) is 0 Å². The number of hydrogen-bond acceptors (Lipinski definition) is 4. The smallest absolute Gasteiger partial charge is 0.0757 e. The molecule has 1 aliphatic rings. The van der Waals surface area contributed by atoms with Crippen LogP contribution in [0, 0.1) is 0 Å². The molecule has 2 heterocycles. The van der Waals surface area contributed by atoms with Gasteiger partial charge >= 0.3 is 0 Å². The molecule has 4 nitrogen and oxygen atoms in total. The van der Waals surface area contributed by atoms with E-state index >= 15 is 0 Å². The fourth-order valence-electron chi connectivity index (χ4n) is 2.75. The molecule has 1 aliphatic heterocycles. The molecule has 0 spiro atoms. The fraction of sp³-hybridized carbons (Fsp3) is 0.643. The lowest BCUT2D eigenvalue weighted by Crippen LogP contribution is -2.51. The number of morpholine rings is 1. The monoisotopic (exact) mass is 249 g/mol. The summed E-state index contributed by atoms with van der Waals surface area (Å²) in [5, 5.41) is 0. The zero-order chi connectivity index (χ0) is 13.2. The lowest BCUT2D eigenvalue weighted by Gasteiger charge is -2.41. The van der Waals surface area contributed by atoms with Gasteiger partial charge in [0.25, 0.3) is 0 Å². The maximum atomic E-state index is 5.92.